The van der Waals surface area contributed by atoms with Crippen molar-refractivity contribution < 1.29 is 9.53 Å². The van der Waals surface area contributed by atoms with Crippen molar-refractivity contribution in [2.24, 2.45) is 5.73 Å². The summed E-state index contributed by atoms with van der Waals surface area (Å²) < 4.78 is 6.07. The van der Waals surface area contributed by atoms with E-state index in [1.807, 2.05) is 48.5 Å². The molecule has 2 aromatic carbocycles. The van der Waals surface area contributed by atoms with Gasteiger partial charge in [-0.05, 0) is 29.3 Å². The highest BCUT2D eigenvalue weighted by molar-refractivity contribution is 6.08. The smallest absolute Gasteiger partial charge is 0.271 e. The van der Waals surface area contributed by atoms with Crippen LogP contribution < -0.4 is 15.4 Å². The summed E-state index contributed by atoms with van der Waals surface area (Å²) in [4.78, 5) is 14.8. The Morgan fingerprint density at radius 3 is 2.64 bits per heavy atom. The lowest BCUT2D eigenvalue weighted by Crippen LogP contribution is -2.44. The van der Waals surface area contributed by atoms with Crippen LogP contribution in [0.5, 0.6) is 5.75 Å². The van der Waals surface area contributed by atoms with Gasteiger partial charge in [0.05, 0.1) is 0 Å². The largest absolute Gasteiger partial charge is 0.477 e. The Morgan fingerprint density at radius 1 is 1.20 bits per heavy atom. The Bertz CT molecular complexity index is 846. The summed E-state index contributed by atoms with van der Waals surface area (Å²) in [5.74, 6) is 0.829. The van der Waals surface area contributed by atoms with Crippen molar-refractivity contribution in [2.75, 3.05) is 11.4 Å². The topological polar surface area (TPSA) is 79.4 Å². The summed E-state index contributed by atoms with van der Waals surface area (Å²) in [6, 6.07) is 15.4. The molecule has 0 aliphatic carbocycles. The van der Waals surface area contributed by atoms with E-state index < -0.39 is 5.60 Å². The van der Waals surface area contributed by atoms with Crippen LogP contribution in [0.15, 0.2) is 54.7 Å². The highest BCUT2D eigenvalue weighted by Gasteiger charge is 2.52. The van der Waals surface area contributed by atoms with Crippen LogP contribution >= 0.6 is 0 Å². The lowest BCUT2D eigenvalue weighted by Gasteiger charge is -2.23. The lowest BCUT2D eigenvalue weighted by molar-refractivity contribution is -0.129. The lowest BCUT2D eigenvalue weighted by atomic mass is 9.95. The first-order chi connectivity index (χ1) is 12.2. The van der Waals surface area contributed by atoms with Crippen LogP contribution in [-0.4, -0.2) is 24.3 Å². The molecule has 2 aliphatic heterocycles. The van der Waals surface area contributed by atoms with E-state index >= 15 is 0 Å². The number of carbonyl (C=O) groups is 1. The first-order valence-corrected chi connectivity index (χ1v) is 8.28. The molecule has 0 radical (unpaired) electrons. The van der Waals surface area contributed by atoms with Gasteiger partial charge in [-0.3, -0.25) is 4.79 Å². The molecule has 0 saturated carbocycles. The van der Waals surface area contributed by atoms with Crippen molar-refractivity contribution in [3.8, 4) is 5.75 Å². The van der Waals surface area contributed by atoms with Gasteiger partial charge in [-0.25, -0.2) is 0 Å². The van der Waals surface area contributed by atoms with Crippen LogP contribution in [0.3, 0.4) is 0 Å². The molecule has 1 spiro atoms. The second-order valence-corrected chi connectivity index (χ2v) is 6.40. The molecule has 1 unspecified atom stereocenters. The number of para-hydroxylation sites is 1. The number of hydrogen-bond acceptors (Lipinski definition) is 4. The maximum absolute atomic E-state index is 13.1. The summed E-state index contributed by atoms with van der Waals surface area (Å²) in [7, 11) is 0. The van der Waals surface area contributed by atoms with Crippen LogP contribution in [0.4, 0.5) is 5.69 Å². The van der Waals surface area contributed by atoms with E-state index in [4.69, 9.17) is 15.9 Å². The number of nitrogens with one attached hydrogen (secondary N) is 1. The number of nitrogens with zero attached hydrogens (tertiary/aromatic N) is 1. The number of amides is 1. The van der Waals surface area contributed by atoms with E-state index in [9.17, 15) is 4.79 Å². The van der Waals surface area contributed by atoms with Crippen LogP contribution in [0.2, 0.25) is 0 Å². The molecule has 3 N–H and O–H groups in total. The zero-order valence-electron chi connectivity index (χ0n) is 13.7. The fourth-order valence-electron chi connectivity index (χ4n) is 3.62. The van der Waals surface area contributed by atoms with Crippen molar-refractivity contribution in [3.05, 3.63) is 65.9 Å². The Morgan fingerprint density at radius 2 is 1.96 bits per heavy atom. The maximum atomic E-state index is 13.1. The second kappa shape index (κ2) is 5.77. The first-order valence-electron chi connectivity index (χ1n) is 8.28. The number of allylic oxidation sites excluding steroid dienone is 1. The van der Waals surface area contributed by atoms with Gasteiger partial charge in [0.25, 0.3) is 5.91 Å². The molecule has 1 atom stereocenters. The number of hydrogen-bond donors (Lipinski definition) is 2. The van der Waals surface area contributed by atoms with Crippen molar-refractivity contribution in [1.29, 1.82) is 5.41 Å². The van der Waals surface area contributed by atoms with Gasteiger partial charge < -0.3 is 20.8 Å². The minimum Gasteiger partial charge on any atom is -0.477 e. The quantitative estimate of drug-likeness (QED) is 0.848. The summed E-state index contributed by atoms with van der Waals surface area (Å²) in [5, 5.41) is 7.37. The molecule has 0 aromatic heterocycles. The number of rotatable bonds is 3. The van der Waals surface area contributed by atoms with Gasteiger partial charge in [0, 0.05) is 43.1 Å². The van der Waals surface area contributed by atoms with Crippen molar-refractivity contribution >= 4 is 23.4 Å². The van der Waals surface area contributed by atoms with Crippen LogP contribution in [0, 0.1) is 5.41 Å². The SMILES string of the molecule is N=CC(=CN)c1ccc(N2CCC3(Cc4ccccc4O3)C2=O)cc1. The zero-order chi connectivity index (χ0) is 17.4. The average molecular weight is 333 g/mol. The number of ether oxygens (including phenoxy) is 1. The molecule has 25 heavy (non-hydrogen) atoms. The average Bonchev–Trinajstić information content (AvgIpc) is 3.17. The van der Waals surface area contributed by atoms with E-state index in [-0.39, 0.29) is 5.91 Å². The molecule has 1 saturated heterocycles. The molecule has 1 amide bonds. The van der Waals surface area contributed by atoms with Crippen LogP contribution in [-0.2, 0) is 11.2 Å². The molecule has 5 heteroatoms. The highest BCUT2D eigenvalue weighted by Crippen LogP contribution is 2.42. The second-order valence-electron chi connectivity index (χ2n) is 6.40. The molecule has 2 aliphatic rings. The summed E-state index contributed by atoms with van der Waals surface area (Å²) in [6.45, 7) is 0.635. The van der Waals surface area contributed by atoms with Gasteiger partial charge in [-0.2, -0.15) is 0 Å². The number of benzene rings is 2. The van der Waals surface area contributed by atoms with Gasteiger partial charge >= 0.3 is 0 Å². The van der Waals surface area contributed by atoms with Gasteiger partial charge in [0.15, 0.2) is 5.60 Å². The molecular formula is C20H19N3O2. The standard InChI is InChI=1S/C20H19N3O2/c21-12-16(13-22)14-5-7-17(8-6-14)23-10-9-20(19(23)24)11-15-3-1-2-4-18(15)25-20/h1-8,12-13,21H,9-11,22H2. The minimum absolute atomic E-state index is 0.0121. The van der Waals surface area contributed by atoms with Crippen molar-refractivity contribution in [2.45, 2.75) is 18.4 Å². The predicted octanol–water partition coefficient (Wildman–Crippen LogP) is 2.75. The van der Waals surface area contributed by atoms with Gasteiger partial charge in [-0.15, -0.1) is 0 Å². The van der Waals surface area contributed by atoms with Gasteiger partial charge in [-0.1, -0.05) is 30.3 Å². The predicted molar refractivity (Wildman–Crippen MR) is 97.9 cm³/mol. The molecule has 2 heterocycles. The molecule has 4 rings (SSSR count). The number of carbonyl (C=O) groups excluding carboxylic acids is 1. The number of anilines is 1. The van der Waals surface area contributed by atoms with Crippen molar-refractivity contribution in [3.63, 3.8) is 0 Å². The van der Waals surface area contributed by atoms with Gasteiger partial charge in [0.1, 0.15) is 5.75 Å². The van der Waals surface area contributed by atoms with E-state index in [1.54, 1.807) is 4.90 Å². The molecule has 5 nitrogen and oxygen atoms in total. The number of nitrogens with two attached hydrogens (primary N) is 1. The minimum atomic E-state index is -0.764. The molecule has 2 aromatic rings. The Labute approximate surface area is 146 Å². The molecule has 0 bridgehead atoms. The third-order valence-electron chi connectivity index (χ3n) is 4.98. The van der Waals surface area contributed by atoms with E-state index in [0.29, 0.717) is 25.0 Å². The van der Waals surface area contributed by atoms with Crippen molar-refractivity contribution in [1.82, 2.24) is 0 Å². The monoisotopic (exact) mass is 333 g/mol. The van der Waals surface area contributed by atoms with E-state index in [1.165, 1.54) is 12.4 Å². The molecule has 1 fully saturated rings. The highest BCUT2D eigenvalue weighted by atomic mass is 16.5. The normalized spacial score (nSPS) is 22.2. The third-order valence-corrected chi connectivity index (χ3v) is 4.98. The fourth-order valence-corrected chi connectivity index (χ4v) is 3.62. The number of fused-ring (bicyclic) bond motifs is 1. The zero-order valence-corrected chi connectivity index (χ0v) is 13.7. The Hall–Kier alpha value is -3.08. The fraction of sp³-hybridized carbons (Fsp3) is 0.200. The summed E-state index contributed by atoms with van der Waals surface area (Å²) in [6.07, 6.45) is 3.93. The van der Waals surface area contributed by atoms with Crippen LogP contribution in [0.25, 0.3) is 5.57 Å². The molecule has 126 valence electrons. The van der Waals surface area contributed by atoms with Gasteiger partial charge in [0.2, 0.25) is 0 Å². The summed E-state index contributed by atoms with van der Waals surface area (Å²) in [5.41, 5.74) is 8.19. The Balaban J connectivity index is 1.58. The third kappa shape index (κ3) is 2.39. The van der Waals surface area contributed by atoms with E-state index in [2.05, 4.69) is 0 Å². The maximum Gasteiger partial charge on any atom is 0.271 e. The Kier molecular flexibility index (Phi) is 3.57. The molecular weight excluding hydrogens is 314 g/mol. The first kappa shape index (κ1) is 15.4. The van der Waals surface area contributed by atoms with E-state index in [0.717, 1.165) is 22.6 Å². The van der Waals surface area contributed by atoms with Crippen LogP contribution in [0.1, 0.15) is 17.5 Å². The summed E-state index contributed by atoms with van der Waals surface area (Å²) >= 11 is 0.